The Labute approximate surface area is 88.7 Å². The average molecular weight is 299 g/mol. The monoisotopic (exact) mass is 298 g/mol. The SMILES string of the molecule is CC(=O)N(C)C.O.O.O.O.O.[Sb]. The maximum atomic E-state index is 10.1. The van der Waals surface area contributed by atoms with Crippen LogP contribution in [-0.2, 0) is 4.79 Å². The first kappa shape index (κ1) is 57.4. The normalized spacial score (nSPS) is 3.92. The van der Waals surface area contributed by atoms with Crippen LogP contribution in [0.25, 0.3) is 0 Å². The molecular weight excluding hydrogens is 280 g/mol. The van der Waals surface area contributed by atoms with Crippen molar-refractivity contribution in [3.8, 4) is 0 Å². The smallest absolute Gasteiger partial charge is 0.218 e. The molecule has 1 amide bonds. The number of carbonyl (C=O) groups is 1. The zero-order chi connectivity index (χ0) is 5.15. The number of nitrogens with zero attached hydrogens (tertiary/aromatic N) is 1. The molecule has 0 aromatic heterocycles. The predicted octanol–water partition coefficient (Wildman–Crippen LogP) is -4.41. The fourth-order valence-electron chi connectivity index (χ4n) is 0. The minimum atomic E-state index is 0. The van der Waals surface area contributed by atoms with Crippen molar-refractivity contribution in [1.29, 1.82) is 0 Å². The van der Waals surface area contributed by atoms with E-state index < -0.39 is 0 Å². The van der Waals surface area contributed by atoms with E-state index in [0.29, 0.717) is 0 Å². The van der Waals surface area contributed by atoms with Crippen molar-refractivity contribution >= 4 is 30.3 Å². The van der Waals surface area contributed by atoms with Crippen LogP contribution in [0.4, 0.5) is 0 Å². The average Bonchev–Trinajstić information content (AvgIpc) is 1.36. The second-order valence-electron chi connectivity index (χ2n) is 1.41. The fourth-order valence-corrected chi connectivity index (χ4v) is 0. The molecule has 0 aromatic rings. The Balaban J connectivity index is -0.00000000833. The van der Waals surface area contributed by atoms with Gasteiger partial charge >= 0.3 is 0 Å². The van der Waals surface area contributed by atoms with E-state index in [4.69, 9.17) is 0 Å². The first-order valence-electron chi connectivity index (χ1n) is 1.82. The topological polar surface area (TPSA) is 178 Å². The van der Waals surface area contributed by atoms with Gasteiger partial charge in [0.25, 0.3) is 0 Å². The number of hydrogen-bond acceptors (Lipinski definition) is 1. The third-order valence-electron chi connectivity index (χ3n) is 0.630. The molecule has 0 atom stereocenters. The molecule has 0 aliphatic rings. The quantitative estimate of drug-likeness (QED) is 0.403. The van der Waals surface area contributed by atoms with Gasteiger partial charge in [0.1, 0.15) is 0 Å². The van der Waals surface area contributed by atoms with Crippen LogP contribution in [0.1, 0.15) is 6.92 Å². The summed E-state index contributed by atoms with van der Waals surface area (Å²) in [6, 6.07) is 0. The summed E-state index contributed by atoms with van der Waals surface area (Å²) in [6.45, 7) is 1.53. The molecule has 0 rings (SSSR count). The van der Waals surface area contributed by atoms with Crippen molar-refractivity contribution in [2.75, 3.05) is 14.1 Å². The van der Waals surface area contributed by atoms with Crippen LogP contribution in [0, 0.1) is 0 Å². The van der Waals surface area contributed by atoms with Gasteiger partial charge < -0.3 is 32.3 Å². The van der Waals surface area contributed by atoms with Gasteiger partial charge in [-0.25, -0.2) is 0 Å². The molecule has 12 heavy (non-hydrogen) atoms. The van der Waals surface area contributed by atoms with Gasteiger partial charge in [0.15, 0.2) is 0 Å². The molecule has 0 bridgehead atoms. The molecule has 0 saturated carbocycles. The van der Waals surface area contributed by atoms with Crippen molar-refractivity contribution in [2.24, 2.45) is 0 Å². The zero-order valence-corrected chi connectivity index (χ0v) is 9.86. The van der Waals surface area contributed by atoms with Crippen molar-refractivity contribution in [1.82, 2.24) is 4.90 Å². The summed E-state index contributed by atoms with van der Waals surface area (Å²) in [6.07, 6.45) is 0. The second-order valence-corrected chi connectivity index (χ2v) is 1.41. The zero-order valence-electron chi connectivity index (χ0n) is 7.30. The van der Waals surface area contributed by atoms with E-state index in [1.165, 1.54) is 11.8 Å². The summed E-state index contributed by atoms with van der Waals surface area (Å²) >= 11 is 0. The summed E-state index contributed by atoms with van der Waals surface area (Å²) in [4.78, 5) is 11.6. The number of hydrogen-bond donors (Lipinski definition) is 0. The van der Waals surface area contributed by atoms with Gasteiger partial charge in [-0.1, -0.05) is 0 Å². The predicted molar refractivity (Wildman–Crippen MR) is 48.2 cm³/mol. The summed E-state index contributed by atoms with van der Waals surface area (Å²) in [5.41, 5.74) is 0. The van der Waals surface area contributed by atoms with E-state index in [2.05, 4.69) is 0 Å². The molecule has 0 heterocycles. The Morgan fingerprint density at radius 1 is 0.917 bits per heavy atom. The fraction of sp³-hybridized carbons (Fsp3) is 0.750. The van der Waals surface area contributed by atoms with Gasteiger partial charge in [-0.05, 0) is 0 Å². The van der Waals surface area contributed by atoms with Gasteiger partial charge in [-0.15, -0.1) is 0 Å². The first-order chi connectivity index (χ1) is 2.64. The number of carbonyl (C=O) groups excluding carboxylic acids is 1. The van der Waals surface area contributed by atoms with E-state index in [1.807, 2.05) is 0 Å². The van der Waals surface area contributed by atoms with Crippen LogP contribution >= 0.6 is 0 Å². The van der Waals surface area contributed by atoms with E-state index in [-0.39, 0.29) is 57.7 Å². The van der Waals surface area contributed by atoms with Gasteiger partial charge in [-0.2, -0.15) is 0 Å². The third kappa shape index (κ3) is 49.9. The van der Waals surface area contributed by atoms with Crippen LogP contribution in [0.3, 0.4) is 0 Å². The molecule has 10 N–H and O–H groups in total. The summed E-state index contributed by atoms with van der Waals surface area (Å²) in [5.74, 6) is 0.0926. The number of amides is 1. The van der Waals surface area contributed by atoms with Crippen molar-refractivity contribution < 1.29 is 32.2 Å². The van der Waals surface area contributed by atoms with Crippen molar-refractivity contribution in [3.63, 3.8) is 0 Å². The molecule has 0 aliphatic carbocycles. The molecule has 7 nitrogen and oxygen atoms in total. The molecule has 81 valence electrons. The van der Waals surface area contributed by atoms with Gasteiger partial charge in [0, 0.05) is 45.4 Å². The Morgan fingerprint density at radius 2 is 1.00 bits per heavy atom. The van der Waals surface area contributed by atoms with E-state index in [9.17, 15) is 4.79 Å². The molecular formula is C4H19NO6Sb. The van der Waals surface area contributed by atoms with Crippen LogP contribution in [0.5, 0.6) is 0 Å². The van der Waals surface area contributed by atoms with Crippen LogP contribution in [0.2, 0.25) is 0 Å². The van der Waals surface area contributed by atoms with Gasteiger partial charge in [0.05, 0.1) is 0 Å². The van der Waals surface area contributed by atoms with Crippen molar-refractivity contribution in [3.05, 3.63) is 0 Å². The maximum Gasteiger partial charge on any atom is 0.218 e. The van der Waals surface area contributed by atoms with Crippen LogP contribution in [-0.4, -0.2) is 76.7 Å². The standard InChI is InChI=1S/C4H9NO.5H2O.Sb/c1-4(6)5(2)3;;;;;;/h1-3H3;5*1H2;. The largest absolute Gasteiger partial charge is 0.412 e. The van der Waals surface area contributed by atoms with E-state index >= 15 is 0 Å². The van der Waals surface area contributed by atoms with E-state index in [1.54, 1.807) is 14.1 Å². The minimum Gasteiger partial charge on any atom is -0.412 e. The second kappa shape index (κ2) is 30.4. The van der Waals surface area contributed by atoms with Gasteiger partial charge in [0.2, 0.25) is 5.91 Å². The molecule has 0 spiro atoms. The Hall–Kier alpha value is 0.0882. The molecule has 3 radical (unpaired) electrons. The van der Waals surface area contributed by atoms with Gasteiger partial charge in [-0.3, -0.25) is 4.79 Å². The third-order valence-corrected chi connectivity index (χ3v) is 0.630. The summed E-state index contributed by atoms with van der Waals surface area (Å²) in [7, 11) is 3.45. The molecule has 0 aromatic carbocycles. The van der Waals surface area contributed by atoms with Crippen LogP contribution < -0.4 is 0 Å². The molecule has 0 fully saturated rings. The number of rotatable bonds is 0. The minimum absolute atomic E-state index is 0. The molecule has 0 aliphatic heterocycles. The Kier molecular flexibility index (Phi) is 146. The maximum absolute atomic E-state index is 10.1. The summed E-state index contributed by atoms with van der Waals surface area (Å²) < 4.78 is 0. The van der Waals surface area contributed by atoms with Crippen LogP contribution in [0.15, 0.2) is 0 Å². The van der Waals surface area contributed by atoms with E-state index in [0.717, 1.165) is 0 Å². The molecule has 8 heteroatoms. The Bertz CT molecular complexity index is 70.6. The first-order valence-corrected chi connectivity index (χ1v) is 1.82. The molecule has 0 saturated heterocycles. The summed E-state index contributed by atoms with van der Waals surface area (Å²) in [5, 5.41) is 0. The Morgan fingerprint density at radius 3 is 1.00 bits per heavy atom. The van der Waals surface area contributed by atoms with Crippen molar-refractivity contribution in [2.45, 2.75) is 6.92 Å². The molecule has 0 unspecified atom stereocenters.